The molecular weight excluding hydrogens is 1170 g/mol. The third-order valence-corrected chi connectivity index (χ3v) is 14.8. The SMILES string of the molecule is CCCCCC/C=C\CCCCCCCCCC(=O)NC1C(OCC(CO)C/C(O)=C(\NC(C)=O)C(O)OC2C(CO)OC(OC(CCO)/C(O)=C(/NC(C)=O)C(O)OC3C(CO)OC(O)C(NC(C)=O)C3O)C(NC(C)=O)C2O)OC(CO)C(O)C1O. The number of rotatable bonds is 40. The molecule has 19 atom stereocenters. The first kappa shape index (κ1) is 77.7. The van der Waals surface area contributed by atoms with Crippen LogP contribution in [0.5, 0.6) is 0 Å². The van der Waals surface area contributed by atoms with Crippen LogP contribution in [-0.4, -0.2) is 251 Å². The average Bonchev–Trinajstić information content (AvgIpc) is 1.50. The molecule has 19 unspecified atom stereocenters. The highest BCUT2D eigenvalue weighted by molar-refractivity contribution is 5.77. The molecule has 0 spiro atoms. The summed E-state index contributed by atoms with van der Waals surface area (Å²) < 4.78 is 40.0. The summed E-state index contributed by atoms with van der Waals surface area (Å²) in [6, 6.07) is -4.74. The molecule has 0 saturated carbocycles. The maximum atomic E-state index is 13.2. The van der Waals surface area contributed by atoms with Crippen LogP contribution < -0.4 is 26.6 Å². The summed E-state index contributed by atoms with van der Waals surface area (Å²) in [5.41, 5.74) is -1.66. The minimum atomic E-state index is -2.46. The number of aliphatic hydroxyl groups is 14. The van der Waals surface area contributed by atoms with Crippen molar-refractivity contribution in [3.63, 3.8) is 0 Å². The molecule has 5 amide bonds. The zero-order valence-corrected chi connectivity index (χ0v) is 50.8. The van der Waals surface area contributed by atoms with Crippen LogP contribution in [0.3, 0.4) is 0 Å². The Morgan fingerprint density at radius 1 is 0.545 bits per heavy atom. The second-order valence-electron chi connectivity index (χ2n) is 22.2. The molecule has 3 heterocycles. The maximum absolute atomic E-state index is 13.2. The van der Waals surface area contributed by atoms with Crippen molar-refractivity contribution in [2.45, 2.75) is 248 Å². The minimum Gasteiger partial charge on any atom is -0.510 e. The molecule has 31 nitrogen and oxygen atoms in total. The van der Waals surface area contributed by atoms with Crippen molar-refractivity contribution < 1.29 is 129 Å². The Morgan fingerprint density at radius 3 is 1.57 bits per heavy atom. The monoisotopic (exact) mass is 1270 g/mol. The Hall–Kier alpha value is -4.59. The number of nitrogens with one attached hydrogen (secondary N) is 5. The number of carbonyl (C=O) groups excluding carboxylic acids is 5. The molecule has 3 aliphatic heterocycles. The summed E-state index contributed by atoms with van der Waals surface area (Å²) in [5, 5.41) is 164. The normalized spacial score (nSPS) is 29.4. The van der Waals surface area contributed by atoms with Crippen LogP contribution in [0.2, 0.25) is 0 Å². The predicted molar refractivity (Wildman–Crippen MR) is 307 cm³/mol. The van der Waals surface area contributed by atoms with E-state index in [2.05, 4.69) is 45.7 Å². The molecule has 31 heteroatoms. The Bertz CT molecular complexity index is 2200. The number of ether oxygens (including phenoxy) is 7. The molecule has 3 aliphatic rings. The first-order valence-corrected chi connectivity index (χ1v) is 30.1. The molecule has 0 aromatic heterocycles. The van der Waals surface area contributed by atoms with Crippen LogP contribution >= 0.6 is 0 Å². The van der Waals surface area contributed by atoms with Crippen molar-refractivity contribution in [3.8, 4) is 0 Å². The molecule has 0 bridgehead atoms. The Kier molecular flexibility index (Phi) is 36.2. The molecule has 0 aromatic rings. The van der Waals surface area contributed by atoms with E-state index in [4.69, 9.17) is 33.2 Å². The van der Waals surface area contributed by atoms with Gasteiger partial charge in [-0.05, 0) is 32.1 Å². The van der Waals surface area contributed by atoms with Gasteiger partial charge in [0.05, 0.1) is 26.4 Å². The summed E-state index contributed by atoms with van der Waals surface area (Å²) in [6.07, 6.45) is -10.8. The molecule has 3 fully saturated rings. The molecule has 3 saturated heterocycles. The van der Waals surface area contributed by atoms with E-state index in [0.717, 1.165) is 79.1 Å². The van der Waals surface area contributed by atoms with Gasteiger partial charge in [0.1, 0.15) is 102 Å². The number of aliphatic hydroxyl groups excluding tert-OH is 14. The van der Waals surface area contributed by atoms with Gasteiger partial charge >= 0.3 is 0 Å². The Balaban J connectivity index is 1.78. The molecule has 19 N–H and O–H groups in total. The molecule has 88 heavy (non-hydrogen) atoms. The maximum Gasteiger partial charge on any atom is 0.221 e. The standard InChI is InChI=1S/C57H99N5O26/c1-6-7-8-9-10-11-12-13-14-15-16-17-18-19-20-21-40(73)62-44-48(76)47(75)37(26-65)85-56(44)82-29-34(25-64)24-35(72)41(58-30(2)68)53(79)87-52-39(28-67)86-57(45(50(52)78)61-33(5)71)84-36(22-23-63)46(74)42(59-31(3)69)55(81)88-51-38(27-66)83-54(80)43(49(51)77)60-32(4)70/h11-12,34,36-39,43-45,47-57,63-67,72,74-81H,6-10,13-29H2,1-5H3,(H,58,68)(H,59,69)(H,60,70)(H,61,71)(H,62,73)/b12-11-,41-35+,46-42-. The number of amides is 5. The van der Waals surface area contributed by atoms with Crippen molar-refractivity contribution in [1.82, 2.24) is 26.6 Å². The van der Waals surface area contributed by atoms with E-state index in [0.29, 0.717) is 6.42 Å². The number of hydrogen-bond donors (Lipinski definition) is 19. The Labute approximate surface area is 512 Å². The van der Waals surface area contributed by atoms with Crippen LogP contribution in [-0.2, 0) is 57.1 Å². The fraction of sp³-hybridized carbons (Fsp3) is 0.807. The second-order valence-corrected chi connectivity index (χ2v) is 22.2. The van der Waals surface area contributed by atoms with E-state index in [1.807, 2.05) is 0 Å². The topological polar surface area (TPSA) is 493 Å². The number of unbranched alkanes of at least 4 members (excludes halogenated alkanes) is 11. The van der Waals surface area contributed by atoms with Crippen LogP contribution in [0.4, 0.5) is 0 Å². The number of hydrogen-bond acceptors (Lipinski definition) is 26. The van der Waals surface area contributed by atoms with E-state index in [-0.39, 0.29) is 6.42 Å². The lowest BCUT2D eigenvalue weighted by molar-refractivity contribution is -0.303. The average molecular weight is 1270 g/mol. The highest BCUT2D eigenvalue weighted by atomic mass is 16.7. The highest BCUT2D eigenvalue weighted by Crippen LogP contribution is 2.32. The van der Waals surface area contributed by atoms with Gasteiger partial charge in [-0.25, -0.2) is 0 Å². The fourth-order valence-corrected chi connectivity index (χ4v) is 10.2. The van der Waals surface area contributed by atoms with Gasteiger partial charge in [0, 0.05) is 66.1 Å². The first-order chi connectivity index (χ1) is 41.9. The van der Waals surface area contributed by atoms with Gasteiger partial charge < -0.3 is 131 Å². The van der Waals surface area contributed by atoms with Gasteiger partial charge in [-0.2, -0.15) is 0 Å². The molecule has 0 radical (unpaired) electrons. The fourth-order valence-electron chi connectivity index (χ4n) is 10.2. The third kappa shape index (κ3) is 25.2. The second kappa shape index (κ2) is 41.0. The van der Waals surface area contributed by atoms with Crippen molar-refractivity contribution in [3.05, 3.63) is 35.1 Å². The zero-order chi connectivity index (χ0) is 65.6. The lowest BCUT2D eigenvalue weighted by Gasteiger charge is -2.45. The van der Waals surface area contributed by atoms with Gasteiger partial charge in [-0.3, -0.25) is 24.0 Å². The van der Waals surface area contributed by atoms with E-state index in [1.165, 1.54) is 25.7 Å². The van der Waals surface area contributed by atoms with E-state index < -0.39 is 221 Å². The van der Waals surface area contributed by atoms with Crippen molar-refractivity contribution in [2.75, 3.05) is 39.6 Å². The molecular formula is C57H99N5O26. The predicted octanol–water partition coefficient (Wildman–Crippen LogP) is -2.89. The van der Waals surface area contributed by atoms with Crippen molar-refractivity contribution in [2.24, 2.45) is 5.92 Å². The summed E-state index contributed by atoms with van der Waals surface area (Å²) in [7, 11) is 0. The summed E-state index contributed by atoms with van der Waals surface area (Å²) >= 11 is 0. The van der Waals surface area contributed by atoms with Gasteiger partial charge in [0.15, 0.2) is 31.5 Å². The zero-order valence-electron chi connectivity index (χ0n) is 50.8. The van der Waals surface area contributed by atoms with E-state index >= 15 is 0 Å². The Morgan fingerprint density at radius 2 is 1.03 bits per heavy atom. The quantitative estimate of drug-likeness (QED) is 0.0127. The van der Waals surface area contributed by atoms with Gasteiger partial charge in [-0.15, -0.1) is 0 Å². The molecule has 0 aromatic carbocycles. The van der Waals surface area contributed by atoms with Crippen LogP contribution in [0, 0.1) is 5.92 Å². The molecule has 0 aliphatic carbocycles. The van der Waals surface area contributed by atoms with Gasteiger partial charge in [0.25, 0.3) is 0 Å². The lowest BCUT2D eigenvalue weighted by Crippen LogP contribution is -2.66. The van der Waals surface area contributed by atoms with Crippen molar-refractivity contribution in [1.29, 1.82) is 0 Å². The number of allylic oxidation sites excluding steroid dienone is 3. The van der Waals surface area contributed by atoms with Gasteiger partial charge in [-0.1, -0.05) is 70.4 Å². The van der Waals surface area contributed by atoms with Crippen LogP contribution in [0.15, 0.2) is 35.1 Å². The highest BCUT2D eigenvalue weighted by Gasteiger charge is 2.51. The minimum absolute atomic E-state index is 0.0774. The summed E-state index contributed by atoms with van der Waals surface area (Å²) in [4.78, 5) is 62.6. The smallest absolute Gasteiger partial charge is 0.221 e. The molecule has 3 rings (SSSR count). The summed E-state index contributed by atoms with van der Waals surface area (Å²) in [6.45, 7) is 1.34. The van der Waals surface area contributed by atoms with E-state index in [9.17, 15) is 95.5 Å². The third-order valence-electron chi connectivity index (χ3n) is 14.8. The molecule has 508 valence electrons. The van der Waals surface area contributed by atoms with Gasteiger partial charge in [0.2, 0.25) is 29.5 Å². The van der Waals surface area contributed by atoms with E-state index in [1.54, 1.807) is 0 Å². The largest absolute Gasteiger partial charge is 0.510 e. The lowest BCUT2D eigenvalue weighted by atomic mass is 9.96. The number of carbonyl (C=O) groups is 5. The summed E-state index contributed by atoms with van der Waals surface area (Å²) in [5.74, 6) is -6.97. The first-order valence-electron chi connectivity index (χ1n) is 30.1. The van der Waals surface area contributed by atoms with Crippen LogP contribution in [0.25, 0.3) is 0 Å². The van der Waals surface area contributed by atoms with Crippen molar-refractivity contribution >= 4 is 29.5 Å². The van der Waals surface area contributed by atoms with Crippen LogP contribution in [0.1, 0.15) is 137 Å².